The van der Waals surface area contributed by atoms with Crippen LogP contribution in [-0.4, -0.2) is 50.8 Å². The minimum Gasteiger partial charge on any atom is -0.478 e. The third kappa shape index (κ3) is 3.62. The van der Waals surface area contributed by atoms with Gasteiger partial charge >= 0.3 is 5.97 Å². The van der Waals surface area contributed by atoms with Crippen LogP contribution in [0.25, 0.3) is 28.2 Å². The molecule has 1 atom stereocenters. The van der Waals surface area contributed by atoms with E-state index >= 15 is 0 Å². The molecule has 1 aliphatic heterocycles. The van der Waals surface area contributed by atoms with Crippen molar-refractivity contribution in [2.24, 2.45) is 0 Å². The highest BCUT2D eigenvalue weighted by molar-refractivity contribution is 6.31. The Kier molecular flexibility index (Phi) is 4.85. The molecule has 4 aromatic heterocycles. The Morgan fingerprint density at radius 2 is 2.06 bits per heavy atom. The summed E-state index contributed by atoms with van der Waals surface area (Å²) in [5, 5.41) is 21.1. The number of aromatic carboxylic acids is 1. The Morgan fingerprint density at radius 3 is 2.83 bits per heavy atom. The Labute approximate surface area is 202 Å². The van der Waals surface area contributed by atoms with Crippen LogP contribution in [0.1, 0.15) is 34.3 Å². The van der Waals surface area contributed by atoms with Crippen LogP contribution in [0.2, 0.25) is 5.02 Å². The van der Waals surface area contributed by atoms with Gasteiger partial charge in [0.25, 0.3) is 5.56 Å². The first-order valence-electron chi connectivity index (χ1n) is 10.7. The highest BCUT2D eigenvalue weighted by Gasteiger charge is 2.28. The zero-order chi connectivity index (χ0) is 24.1. The number of benzene rings is 1. The summed E-state index contributed by atoms with van der Waals surface area (Å²) in [5.41, 5.74) is 4.32. The number of nitrogens with zero attached hydrogens (tertiary/aromatic N) is 6. The number of carboxylic acid groups (broad SMARTS) is 1. The zero-order valence-corrected chi connectivity index (χ0v) is 18.8. The van der Waals surface area contributed by atoms with E-state index in [1.54, 1.807) is 29.0 Å². The summed E-state index contributed by atoms with van der Waals surface area (Å²) in [7, 11) is 0. The number of aromatic amines is 2. The van der Waals surface area contributed by atoms with E-state index in [2.05, 4.69) is 30.5 Å². The first kappa shape index (κ1) is 21.1. The Morgan fingerprint density at radius 1 is 1.17 bits per heavy atom. The predicted octanol–water partition coefficient (Wildman–Crippen LogP) is 3.10. The van der Waals surface area contributed by atoms with E-state index in [0.717, 1.165) is 16.8 Å². The molecule has 35 heavy (non-hydrogen) atoms. The van der Waals surface area contributed by atoms with Gasteiger partial charge in [-0.1, -0.05) is 11.6 Å². The molecule has 12 heteroatoms. The molecule has 0 fully saturated rings. The van der Waals surface area contributed by atoms with Crippen LogP contribution in [0.15, 0.2) is 59.9 Å². The SMILES string of the molecule is O=C(O)c1c[nH]c(-c2cnc([C@@H]3CCc4cc(-c5cc(Cl)ccc5-n5cnnn5)cc(=O)n43)[nH]2)c1. The van der Waals surface area contributed by atoms with Crippen molar-refractivity contribution in [2.45, 2.75) is 18.9 Å². The number of fused-ring (bicyclic) bond motifs is 1. The first-order chi connectivity index (χ1) is 17.0. The van der Waals surface area contributed by atoms with Crippen molar-refractivity contribution in [3.63, 3.8) is 0 Å². The molecule has 0 saturated carbocycles. The Balaban J connectivity index is 1.37. The number of nitrogens with one attached hydrogen (secondary N) is 2. The number of aryl methyl sites for hydroxylation is 1. The van der Waals surface area contributed by atoms with Gasteiger partial charge in [-0.05, 0) is 59.2 Å². The average Bonchev–Trinajstić information content (AvgIpc) is 3.64. The monoisotopic (exact) mass is 488 g/mol. The molecule has 0 radical (unpaired) electrons. The molecule has 0 saturated heterocycles. The average molecular weight is 489 g/mol. The molecular formula is C23H17ClN8O3. The fourth-order valence-electron chi connectivity index (χ4n) is 4.54. The summed E-state index contributed by atoms with van der Waals surface area (Å²) in [6.45, 7) is 0. The number of hydrogen-bond acceptors (Lipinski definition) is 6. The lowest BCUT2D eigenvalue weighted by molar-refractivity contribution is 0.0697. The van der Waals surface area contributed by atoms with Crippen LogP contribution in [-0.2, 0) is 6.42 Å². The highest BCUT2D eigenvalue weighted by atomic mass is 35.5. The summed E-state index contributed by atoms with van der Waals surface area (Å²) in [4.78, 5) is 35.1. The molecule has 0 bridgehead atoms. The largest absolute Gasteiger partial charge is 0.478 e. The molecular weight excluding hydrogens is 472 g/mol. The van der Waals surface area contributed by atoms with Crippen LogP contribution < -0.4 is 5.56 Å². The summed E-state index contributed by atoms with van der Waals surface area (Å²) in [5.74, 6) is -0.375. The third-order valence-corrected chi connectivity index (χ3v) is 6.37. The van der Waals surface area contributed by atoms with E-state index in [4.69, 9.17) is 16.7 Å². The zero-order valence-electron chi connectivity index (χ0n) is 18.0. The van der Waals surface area contributed by atoms with Crippen LogP contribution in [0.3, 0.4) is 0 Å². The predicted molar refractivity (Wildman–Crippen MR) is 126 cm³/mol. The smallest absolute Gasteiger partial charge is 0.337 e. The van der Waals surface area contributed by atoms with E-state index in [1.807, 2.05) is 12.1 Å². The van der Waals surface area contributed by atoms with Gasteiger partial charge in [-0.25, -0.2) is 9.78 Å². The number of carbonyl (C=O) groups is 1. The van der Waals surface area contributed by atoms with Gasteiger partial charge in [-0.2, -0.15) is 4.68 Å². The van der Waals surface area contributed by atoms with Crippen LogP contribution in [0.4, 0.5) is 0 Å². The lowest BCUT2D eigenvalue weighted by Gasteiger charge is -2.15. The number of imidazole rings is 1. The number of pyridine rings is 1. The maximum absolute atomic E-state index is 13.3. The number of H-pyrrole nitrogens is 2. The summed E-state index contributed by atoms with van der Waals surface area (Å²) in [6, 6.07) is 10.2. The van der Waals surface area contributed by atoms with Gasteiger partial charge in [0.05, 0.1) is 34.9 Å². The van der Waals surface area contributed by atoms with Crippen LogP contribution in [0, 0.1) is 0 Å². The Hall–Kier alpha value is -4.51. The van der Waals surface area contributed by atoms with Crippen LogP contribution >= 0.6 is 11.6 Å². The Bertz CT molecular complexity index is 1630. The van der Waals surface area contributed by atoms with Crippen molar-refractivity contribution >= 4 is 17.6 Å². The standard InChI is InChI=1S/C23H17ClN8O3/c24-14-1-3-19(31-11-27-29-30-31)16(8-14)12-5-15-2-4-20(32(15)21(33)7-12)22-26-10-18(28-22)17-6-13(9-25-17)23(34)35/h1,3,5-11,20,25H,2,4H2,(H,26,28)(H,34,35)/t20-/m0/s1. The number of hydrogen-bond donors (Lipinski definition) is 3. The maximum Gasteiger partial charge on any atom is 0.337 e. The van der Waals surface area contributed by atoms with Crippen molar-refractivity contribution in [1.29, 1.82) is 0 Å². The van der Waals surface area contributed by atoms with E-state index in [1.165, 1.54) is 23.3 Å². The number of tetrazole rings is 1. The van der Waals surface area contributed by atoms with Gasteiger partial charge in [0.1, 0.15) is 12.2 Å². The van der Waals surface area contributed by atoms with Crippen molar-refractivity contribution in [2.75, 3.05) is 0 Å². The van der Waals surface area contributed by atoms with Crippen LogP contribution in [0.5, 0.6) is 0 Å². The topological polar surface area (TPSA) is 147 Å². The molecule has 1 aromatic carbocycles. The van der Waals surface area contributed by atoms with Gasteiger partial charge in [0.2, 0.25) is 0 Å². The summed E-state index contributed by atoms with van der Waals surface area (Å²) < 4.78 is 3.27. The second-order valence-electron chi connectivity index (χ2n) is 8.20. The summed E-state index contributed by atoms with van der Waals surface area (Å²) in [6.07, 6.45) is 5.94. The lowest BCUT2D eigenvalue weighted by Crippen LogP contribution is -2.23. The van der Waals surface area contributed by atoms with Gasteiger partial charge < -0.3 is 19.6 Å². The van der Waals surface area contributed by atoms with E-state index in [-0.39, 0.29) is 17.2 Å². The molecule has 1 aliphatic rings. The number of halogens is 1. The first-order valence-corrected chi connectivity index (χ1v) is 11.1. The fourth-order valence-corrected chi connectivity index (χ4v) is 4.71. The molecule has 0 amide bonds. The van der Waals surface area contributed by atoms with Crippen molar-refractivity contribution in [3.05, 3.63) is 87.6 Å². The van der Waals surface area contributed by atoms with Gasteiger partial charge in [-0.15, -0.1) is 5.10 Å². The molecule has 0 spiro atoms. The molecule has 0 aliphatic carbocycles. The second-order valence-corrected chi connectivity index (χ2v) is 8.64. The summed E-state index contributed by atoms with van der Waals surface area (Å²) >= 11 is 6.27. The molecule has 5 heterocycles. The lowest BCUT2D eigenvalue weighted by atomic mass is 10.0. The molecule has 5 aromatic rings. The molecule has 174 valence electrons. The molecule has 3 N–H and O–H groups in total. The van der Waals surface area contributed by atoms with E-state index in [9.17, 15) is 9.59 Å². The fraction of sp³-hybridized carbons (Fsp3) is 0.130. The van der Waals surface area contributed by atoms with E-state index in [0.29, 0.717) is 40.8 Å². The number of rotatable bonds is 5. The number of carboxylic acids is 1. The highest BCUT2D eigenvalue weighted by Crippen LogP contribution is 2.34. The number of aromatic nitrogens is 8. The molecule has 6 rings (SSSR count). The third-order valence-electron chi connectivity index (χ3n) is 6.13. The minimum absolute atomic E-state index is 0.159. The van der Waals surface area contributed by atoms with Gasteiger partial charge in [0, 0.05) is 28.5 Å². The molecule has 0 unspecified atom stereocenters. The normalized spacial score (nSPS) is 14.8. The minimum atomic E-state index is -1.01. The second kappa shape index (κ2) is 8.06. The van der Waals surface area contributed by atoms with E-state index < -0.39 is 5.97 Å². The van der Waals surface area contributed by atoms with Crippen molar-refractivity contribution in [3.8, 4) is 28.2 Å². The maximum atomic E-state index is 13.3. The molecule has 11 nitrogen and oxygen atoms in total. The van der Waals surface area contributed by atoms with Crippen molar-refractivity contribution < 1.29 is 9.90 Å². The van der Waals surface area contributed by atoms with Crippen molar-refractivity contribution in [1.82, 2.24) is 39.7 Å². The quantitative estimate of drug-likeness (QED) is 0.344. The van der Waals surface area contributed by atoms with Gasteiger partial charge in [-0.3, -0.25) is 4.79 Å². The van der Waals surface area contributed by atoms with Gasteiger partial charge in [0.15, 0.2) is 0 Å².